The Morgan fingerprint density at radius 2 is 1.91 bits per heavy atom. The Morgan fingerprint density at radius 3 is 2.59 bits per heavy atom. The summed E-state index contributed by atoms with van der Waals surface area (Å²) in [5.41, 5.74) is 3.59. The van der Waals surface area contributed by atoms with E-state index in [2.05, 4.69) is 22.4 Å². The number of halogens is 2. The summed E-state index contributed by atoms with van der Waals surface area (Å²) in [6.45, 7) is 0. The zero-order valence-corrected chi connectivity index (χ0v) is 14.2. The van der Waals surface area contributed by atoms with E-state index in [0.29, 0.717) is 10.9 Å². The van der Waals surface area contributed by atoms with Crippen molar-refractivity contribution in [2.45, 2.75) is 10.8 Å². The van der Waals surface area contributed by atoms with Crippen LogP contribution in [0, 0.1) is 0 Å². The van der Waals surface area contributed by atoms with Gasteiger partial charge in [0.15, 0.2) is 0 Å². The predicted molar refractivity (Wildman–Crippen MR) is 93.1 cm³/mol. The van der Waals surface area contributed by atoms with Gasteiger partial charge < -0.3 is 0 Å². The van der Waals surface area contributed by atoms with Gasteiger partial charge in [-0.25, -0.2) is 4.68 Å². The molecule has 1 heterocycles. The van der Waals surface area contributed by atoms with Gasteiger partial charge in [0.1, 0.15) is 5.69 Å². The Balaban J connectivity index is 2.16. The molecule has 0 amide bonds. The SMILES string of the molecule is CSc1cccc(-n2nnc(CCl)c2-c2ccc(Cl)cc2)c1. The first kappa shape index (κ1) is 15.4. The third kappa shape index (κ3) is 3.00. The Labute approximate surface area is 143 Å². The average molecular weight is 350 g/mol. The van der Waals surface area contributed by atoms with E-state index in [1.165, 1.54) is 4.90 Å². The lowest BCUT2D eigenvalue weighted by Gasteiger charge is -2.09. The van der Waals surface area contributed by atoms with Crippen LogP contribution in [-0.4, -0.2) is 21.2 Å². The normalized spacial score (nSPS) is 10.9. The minimum atomic E-state index is 0.306. The largest absolute Gasteiger partial charge is 0.212 e. The van der Waals surface area contributed by atoms with Crippen LogP contribution in [0.4, 0.5) is 0 Å². The van der Waals surface area contributed by atoms with Gasteiger partial charge in [0.2, 0.25) is 0 Å². The van der Waals surface area contributed by atoms with Crippen molar-refractivity contribution >= 4 is 35.0 Å². The van der Waals surface area contributed by atoms with E-state index >= 15 is 0 Å². The molecule has 0 bridgehead atoms. The van der Waals surface area contributed by atoms with Crippen molar-refractivity contribution in [2.75, 3.05) is 6.26 Å². The van der Waals surface area contributed by atoms with Crippen molar-refractivity contribution in [1.82, 2.24) is 15.0 Å². The second kappa shape index (κ2) is 6.73. The predicted octanol–water partition coefficient (Wildman–Crippen LogP) is 5.05. The maximum atomic E-state index is 6.03. The number of alkyl halides is 1. The van der Waals surface area contributed by atoms with Gasteiger partial charge in [-0.05, 0) is 36.6 Å². The van der Waals surface area contributed by atoms with E-state index in [0.717, 1.165) is 22.6 Å². The molecule has 0 spiro atoms. The molecule has 3 aromatic rings. The molecule has 0 saturated carbocycles. The summed E-state index contributed by atoms with van der Waals surface area (Å²) in [7, 11) is 0. The zero-order chi connectivity index (χ0) is 15.5. The van der Waals surface area contributed by atoms with Gasteiger partial charge in [0.25, 0.3) is 0 Å². The number of benzene rings is 2. The van der Waals surface area contributed by atoms with Crippen molar-refractivity contribution in [3.63, 3.8) is 0 Å². The summed E-state index contributed by atoms with van der Waals surface area (Å²) < 4.78 is 1.82. The number of aromatic nitrogens is 3. The maximum absolute atomic E-state index is 6.03. The number of hydrogen-bond acceptors (Lipinski definition) is 3. The van der Waals surface area contributed by atoms with E-state index in [1.54, 1.807) is 11.8 Å². The van der Waals surface area contributed by atoms with E-state index in [9.17, 15) is 0 Å². The molecule has 0 aliphatic carbocycles. The average Bonchev–Trinajstić information content (AvgIpc) is 2.99. The number of hydrogen-bond donors (Lipinski definition) is 0. The zero-order valence-electron chi connectivity index (χ0n) is 11.8. The Bertz CT molecular complexity index is 784. The van der Waals surface area contributed by atoms with Gasteiger partial charge in [0.05, 0.1) is 17.3 Å². The first-order valence-corrected chi connectivity index (χ1v) is 8.77. The van der Waals surface area contributed by atoms with E-state index in [4.69, 9.17) is 23.2 Å². The van der Waals surface area contributed by atoms with E-state index in [-0.39, 0.29) is 0 Å². The van der Waals surface area contributed by atoms with Gasteiger partial charge in [-0.3, -0.25) is 0 Å². The smallest absolute Gasteiger partial charge is 0.106 e. The van der Waals surface area contributed by atoms with Crippen molar-refractivity contribution in [3.8, 4) is 16.9 Å². The molecule has 22 heavy (non-hydrogen) atoms. The second-order valence-electron chi connectivity index (χ2n) is 4.64. The summed E-state index contributed by atoms with van der Waals surface area (Å²) in [5, 5.41) is 9.17. The molecule has 0 radical (unpaired) electrons. The van der Waals surface area contributed by atoms with E-state index < -0.39 is 0 Å². The minimum Gasteiger partial charge on any atom is -0.212 e. The molecular weight excluding hydrogens is 337 g/mol. The Kier molecular flexibility index (Phi) is 4.71. The van der Waals surface area contributed by atoms with Crippen LogP contribution in [0.5, 0.6) is 0 Å². The third-order valence-electron chi connectivity index (χ3n) is 3.28. The Morgan fingerprint density at radius 1 is 1.14 bits per heavy atom. The number of rotatable bonds is 4. The fraction of sp³-hybridized carbons (Fsp3) is 0.125. The summed E-state index contributed by atoms with van der Waals surface area (Å²) in [5.74, 6) is 0.306. The molecule has 0 aliphatic rings. The molecule has 0 saturated heterocycles. The van der Waals surface area contributed by atoms with Gasteiger partial charge in [-0.15, -0.1) is 28.5 Å². The molecule has 6 heteroatoms. The molecule has 0 unspecified atom stereocenters. The van der Waals surface area contributed by atoms with Crippen LogP contribution in [0.1, 0.15) is 5.69 Å². The van der Waals surface area contributed by atoms with Crippen LogP contribution in [0.2, 0.25) is 5.02 Å². The number of thioether (sulfide) groups is 1. The summed E-state index contributed by atoms with van der Waals surface area (Å²) in [4.78, 5) is 1.17. The molecule has 3 nitrogen and oxygen atoms in total. The number of nitrogens with zero attached hydrogens (tertiary/aromatic N) is 3. The highest BCUT2D eigenvalue weighted by Gasteiger charge is 2.15. The Hall–Kier alpha value is -1.49. The molecule has 0 fully saturated rings. The van der Waals surface area contributed by atoms with Crippen LogP contribution < -0.4 is 0 Å². The van der Waals surface area contributed by atoms with Crippen LogP contribution in [-0.2, 0) is 5.88 Å². The maximum Gasteiger partial charge on any atom is 0.106 e. The molecule has 2 aromatic carbocycles. The van der Waals surface area contributed by atoms with Crippen LogP contribution in [0.3, 0.4) is 0 Å². The molecular formula is C16H13Cl2N3S. The highest BCUT2D eigenvalue weighted by molar-refractivity contribution is 7.98. The highest BCUT2D eigenvalue weighted by Crippen LogP contribution is 2.28. The molecule has 112 valence electrons. The van der Waals surface area contributed by atoms with Crippen molar-refractivity contribution in [3.05, 3.63) is 59.2 Å². The summed E-state index contributed by atoms with van der Waals surface area (Å²) in [6, 6.07) is 15.8. The standard InChI is InChI=1S/C16H13Cl2N3S/c1-22-14-4-2-3-13(9-14)21-16(15(10-17)19-20-21)11-5-7-12(18)8-6-11/h2-9H,10H2,1H3. The monoisotopic (exact) mass is 349 g/mol. The minimum absolute atomic E-state index is 0.306. The fourth-order valence-electron chi connectivity index (χ4n) is 2.22. The second-order valence-corrected chi connectivity index (χ2v) is 6.22. The van der Waals surface area contributed by atoms with Crippen molar-refractivity contribution in [2.24, 2.45) is 0 Å². The first-order chi connectivity index (χ1) is 10.7. The first-order valence-electron chi connectivity index (χ1n) is 6.64. The quantitative estimate of drug-likeness (QED) is 0.487. The molecule has 1 aromatic heterocycles. The van der Waals surface area contributed by atoms with Gasteiger partial charge in [-0.1, -0.05) is 35.0 Å². The van der Waals surface area contributed by atoms with Gasteiger partial charge >= 0.3 is 0 Å². The lowest BCUT2D eigenvalue weighted by molar-refractivity contribution is 0.802. The third-order valence-corrected chi connectivity index (χ3v) is 4.51. The molecule has 0 atom stereocenters. The van der Waals surface area contributed by atoms with E-state index in [1.807, 2.05) is 47.3 Å². The van der Waals surface area contributed by atoms with Gasteiger partial charge in [0, 0.05) is 15.5 Å². The summed E-state index contributed by atoms with van der Waals surface area (Å²) in [6.07, 6.45) is 2.05. The topological polar surface area (TPSA) is 30.7 Å². The van der Waals surface area contributed by atoms with Crippen LogP contribution in [0.15, 0.2) is 53.4 Å². The van der Waals surface area contributed by atoms with Gasteiger partial charge in [-0.2, -0.15) is 0 Å². The fourth-order valence-corrected chi connectivity index (χ4v) is 2.98. The summed E-state index contributed by atoms with van der Waals surface area (Å²) >= 11 is 13.7. The lowest BCUT2D eigenvalue weighted by atomic mass is 10.1. The van der Waals surface area contributed by atoms with Crippen LogP contribution in [0.25, 0.3) is 16.9 Å². The molecule has 0 aliphatic heterocycles. The van der Waals surface area contributed by atoms with Crippen LogP contribution >= 0.6 is 35.0 Å². The van der Waals surface area contributed by atoms with Crippen molar-refractivity contribution in [1.29, 1.82) is 0 Å². The molecule has 3 rings (SSSR count). The lowest BCUT2D eigenvalue weighted by Crippen LogP contribution is -2.00. The molecule has 0 N–H and O–H groups in total. The van der Waals surface area contributed by atoms with Crippen molar-refractivity contribution < 1.29 is 0 Å². The highest BCUT2D eigenvalue weighted by atomic mass is 35.5.